The molecule has 1 nitrogen and oxygen atoms in total. The van der Waals surface area contributed by atoms with Gasteiger partial charge in [-0.3, -0.25) is 0 Å². The van der Waals surface area contributed by atoms with E-state index in [4.69, 9.17) is 11.6 Å². The summed E-state index contributed by atoms with van der Waals surface area (Å²) in [5.74, 6) is 0.824. The highest BCUT2D eigenvalue weighted by Crippen LogP contribution is 2.31. The number of hydrogen-bond acceptors (Lipinski definition) is 1. The first-order chi connectivity index (χ1) is 8.70. The third-order valence-electron chi connectivity index (χ3n) is 3.89. The Kier molecular flexibility index (Phi) is 5.53. The van der Waals surface area contributed by atoms with E-state index in [0.29, 0.717) is 6.04 Å². The largest absolute Gasteiger partial charge is 0.314 e. The Bertz CT molecular complexity index is 388. The van der Waals surface area contributed by atoms with Crippen LogP contribution in [0.2, 0.25) is 5.02 Å². The lowest BCUT2D eigenvalue weighted by molar-refractivity contribution is 0.362. The molecule has 0 spiro atoms. The highest BCUT2D eigenvalue weighted by Gasteiger charge is 2.24. The minimum atomic E-state index is 0.580. The summed E-state index contributed by atoms with van der Waals surface area (Å²) in [6.45, 7) is 3.22. The number of nitrogens with one attached hydrogen (secondary N) is 1. The molecule has 1 fully saturated rings. The maximum atomic E-state index is 6.32. The summed E-state index contributed by atoms with van der Waals surface area (Å²) < 4.78 is 1.05. The van der Waals surface area contributed by atoms with E-state index in [1.54, 1.807) is 0 Å². The van der Waals surface area contributed by atoms with Gasteiger partial charge in [-0.15, -0.1) is 0 Å². The molecule has 1 N–H and O–H groups in total. The molecule has 0 heterocycles. The lowest BCUT2D eigenvalue weighted by Gasteiger charge is -2.25. The topological polar surface area (TPSA) is 12.0 Å². The normalized spacial score (nSPS) is 18.2. The Balaban J connectivity index is 2.07. The predicted molar refractivity (Wildman–Crippen MR) is 82.3 cm³/mol. The second kappa shape index (κ2) is 6.93. The van der Waals surface area contributed by atoms with Crippen LogP contribution in [0.5, 0.6) is 0 Å². The van der Waals surface area contributed by atoms with Gasteiger partial charge in [0, 0.05) is 15.5 Å². The van der Waals surface area contributed by atoms with Crippen molar-refractivity contribution in [3.05, 3.63) is 33.3 Å². The maximum absolute atomic E-state index is 6.32. The number of hydrogen-bond donors (Lipinski definition) is 1. The van der Waals surface area contributed by atoms with Crippen LogP contribution in [0, 0.1) is 5.92 Å². The molecule has 2 rings (SSSR count). The van der Waals surface area contributed by atoms with Crippen LogP contribution < -0.4 is 5.32 Å². The van der Waals surface area contributed by atoms with Gasteiger partial charge < -0.3 is 5.32 Å². The Morgan fingerprint density at radius 2 is 2.11 bits per heavy atom. The molecular weight excluding hydrogens is 310 g/mol. The van der Waals surface area contributed by atoms with Crippen molar-refractivity contribution < 1.29 is 0 Å². The van der Waals surface area contributed by atoms with Crippen molar-refractivity contribution >= 4 is 27.5 Å². The quantitative estimate of drug-likeness (QED) is 0.816. The van der Waals surface area contributed by atoms with Gasteiger partial charge in [0.1, 0.15) is 0 Å². The summed E-state index contributed by atoms with van der Waals surface area (Å²) in [6.07, 6.45) is 6.56. The van der Waals surface area contributed by atoms with Crippen LogP contribution >= 0.6 is 27.5 Å². The monoisotopic (exact) mass is 329 g/mol. The lowest BCUT2D eigenvalue weighted by atomic mass is 9.92. The molecule has 18 heavy (non-hydrogen) atoms. The van der Waals surface area contributed by atoms with E-state index in [0.717, 1.165) is 28.4 Å². The number of likely N-dealkylation sites (N-methyl/N-ethyl adjacent to an activating group) is 1. The van der Waals surface area contributed by atoms with Gasteiger partial charge in [-0.2, -0.15) is 0 Å². The van der Waals surface area contributed by atoms with Crippen LogP contribution in [0.25, 0.3) is 0 Å². The fourth-order valence-corrected chi connectivity index (χ4v) is 3.70. The van der Waals surface area contributed by atoms with E-state index >= 15 is 0 Å². The molecule has 3 heteroatoms. The van der Waals surface area contributed by atoms with Crippen molar-refractivity contribution in [1.82, 2.24) is 5.32 Å². The van der Waals surface area contributed by atoms with Gasteiger partial charge >= 0.3 is 0 Å². The molecule has 1 saturated carbocycles. The van der Waals surface area contributed by atoms with E-state index in [-0.39, 0.29) is 0 Å². The fourth-order valence-electron chi connectivity index (χ4n) is 2.95. The van der Waals surface area contributed by atoms with Gasteiger partial charge in [-0.1, -0.05) is 53.4 Å². The zero-order valence-corrected chi connectivity index (χ0v) is 13.2. The van der Waals surface area contributed by atoms with Crippen molar-refractivity contribution in [3.63, 3.8) is 0 Å². The smallest absolute Gasteiger partial charge is 0.0449 e. The minimum Gasteiger partial charge on any atom is -0.314 e. The highest BCUT2D eigenvalue weighted by atomic mass is 79.9. The molecule has 1 aromatic carbocycles. The summed E-state index contributed by atoms with van der Waals surface area (Å²) in [4.78, 5) is 0. The molecule has 1 aliphatic rings. The summed E-state index contributed by atoms with van der Waals surface area (Å²) in [5.41, 5.74) is 1.26. The molecule has 0 aromatic heterocycles. The van der Waals surface area contributed by atoms with Gasteiger partial charge in [0.05, 0.1) is 0 Å². The molecule has 100 valence electrons. The van der Waals surface area contributed by atoms with Crippen LogP contribution in [0.3, 0.4) is 0 Å². The van der Waals surface area contributed by atoms with Crippen molar-refractivity contribution in [1.29, 1.82) is 0 Å². The molecule has 0 radical (unpaired) electrons. The zero-order valence-electron chi connectivity index (χ0n) is 10.9. The van der Waals surface area contributed by atoms with Crippen molar-refractivity contribution in [2.75, 3.05) is 6.54 Å². The summed E-state index contributed by atoms with van der Waals surface area (Å²) in [7, 11) is 0. The maximum Gasteiger partial charge on any atom is 0.0449 e. The number of benzene rings is 1. The zero-order chi connectivity index (χ0) is 13.0. The lowest BCUT2D eigenvalue weighted by Crippen LogP contribution is -2.37. The number of halogens is 2. The SMILES string of the molecule is CCNC(Cc1ccc(Br)cc1Cl)C1CCCC1. The van der Waals surface area contributed by atoms with Crippen molar-refractivity contribution in [3.8, 4) is 0 Å². The Hall–Kier alpha value is -0.0500. The van der Waals surface area contributed by atoms with Crippen molar-refractivity contribution in [2.24, 2.45) is 5.92 Å². The molecule has 0 saturated heterocycles. The van der Waals surface area contributed by atoms with Gasteiger partial charge in [0.15, 0.2) is 0 Å². The van der Waals surface area contributed by atoms with E-state index < -0.39 is 0 Å². The van der Waals surface area contributed by atoms with E-state index in [2.05, 4.69) is 40.3 Å². The van der Waals surface area contributed by atoms with Gasteiger partial charge in [-0.25, -0.2) is 0 Å². The van der Waals surface area contributed by atoms with Gasteiger partial charge in [0.2, 0.25) is 0 Å². The second-order valence-electron chi connectivity index (χ2n) is 5.15. The molecule has 0 amide bonds. The third-order valence-corrected chi connectivity index (χ3v) is 4.74. The van der Waals surface area contributed by atoms with Crippen LogP contribution in [0.4, 0.5) is 0 Å². The third kappa shape index (κ3) is 3.72. The first-order valence-electron chi connectivity index (χ1n) is 6.88. The second-order valence-corrected chi connectivity index (χ2v) is 6.47. The van der Waals surface area contributed by atoms with Crippen LogP contribution in [-0.4, -0.2) is 12.6 Å². The number of rotatable bonds is 5. The Labute approximate surface area is 123 Å². The molecule has 1 atom stereocenters. The Morgan fingerprint density at radius 1 is 1.39 bits per heavy atom. The van der Waals surface area contributed by atoms with Crippen molar-refractivity contribution in [2.45, 2.75) is 45.1 Å². The molecular formula is C15H21BrClN. The first kappa shape index (κ1) is 14.4. The summed E-state index contributed by atoms with van der Waals surface area (Å²) in [5, 5.41) is 4.52. The average molecular weight is 331 g/mol. The van der Waals surface area contributed by atoms with E-state index in [9.17, 15) is 0 Å². The van der Waals surface area contributed by atoms with Crippen LogP contribution in [0.15, 0.2) is 22.7 Å². The molecule has 1 aliphatic carbocycles. The summed E-state index contributed by atoms with van der Waals surface area (Å²) >= 11 is 9.78. The van der Waals surface area contributed by atoms with Gasteiger partial charge in [-0.05, 0) is 49.4 Å². The molecule has 1 aromatic rings. The average Bonchev–Trinajstić information content (AvgIpc) is 2.85. The molecule has 0 aliphatic heterocycles. The van der Waals surface area contributed by atoms with Crippen LogP contribution in [-0.2, 0) is 6.42 Å². The van der Waals surface area contributed by atoms with E-state index in [1.807, 2.05) is 6.07 Å². The molecule has 1 unspecified atom stereocenters. The Morgan fingerprint density at radius 3 is 2.72 bits per heavy atom. The molecule has 0 bridgehead atoms. The highest BCUT2D eigenvalue weighted by molar-refractivity contribution is 9.10. The van der Waals surface area contributed by atoms with Crippen LogP contribution in [0.1, 0.15) is 38.2 Å². The fraction of sp³-hybridized carbons (Fsp3) is 0.600. The minimum absolute atomic E-state index is 0.580. The first-order valence-corrected chi connectivity index (χ1v) is 8.05. The summed E-state index contributed by atoms with van der Waals surface area (Å²) in [6, 6.07) is 6.80. The predicted octanol–water partition coefficient (Wildman–Crippen LogP) is 4.81. The van der Waals surface area contributed by atoms with Gasteiger partial charge in [0.25, 0.3) is 0 Å². The standard InChI is InChI=1S/C15H21BrClN/c1-2-18-15(11-5-3-4-6-11)9-12-7-8-13(16)10-14(12)17/h7-8,10-11,15,18H,2-6,9H2,1H3. The van der Waals surface area contributed by atoms with E-state index in [1.165, 1.54) is 31.2 Å².